The summed E-state index contributed by atoms with van der Waals surface area (Å²) in [6.45, 7) is 5.45. The smallest absolute Gasteiger partial charge is 0.274 e. The average Bonchev–Trinajstić information content (AvgIpc) is 2.28. The van der Waals surface area contributed by atoms with Crippen molar-refractivity contribution in [2.24, 2.45) is 0 Å². The summed E-state index contributed by atoms with van der Waals surface area (Å²) in [4.78, 5) is 22.2. The van der Waals surface area contributed by atoms with Crippen molar-refractivity contribution in [3.8, 4) is 0 Å². The summed E-state index contributed by atoms with van der Waals surface area (Å²) < 4.78 is 0. The van der Waals surface area contributed by atoms with E-state index in [2.05, 4.69) is 5.32 Å². The topological polar surface area (TPSA) is 72.2 Å². The van der Waals surface area contributed by atoms with E-state index in [4.69, 9.17) is 0 Å². The van der Waals surface area contributed by atoms with Crippen molar-refractivity contribution in [3.05, 3.63) is 39.9 Å². The SMILES string of the molecule is CCCC(=O)NC(C)(C)c1ccccc1[N+](=O)[O-]. The zero-order valence-corrected chi connectivity index (χ0v) is 10.9. The maximum atomic E-state index is 11.6. The molecule has 18 heavy (non-hydrogen) atoms. The Balaban J connectivity index is 3.04. The molecule has 0 aliphatic heterocycles. The first-order valence-electron chi connectivity index (χ1n) is 5.93. The summed E-state index contributed by atoms with van der Waals surface area (Å²) in [6.07, 6.45) is 1.17. The lowest BCUT2D eigenvalue weighted by Gasteiger charge is -2.26. The second-order valence-electron chi connectivity index (χ2n) is 4.70. The highest BCUT2D eigenvalue weighted by molar-refractivity contribution is 5.77. The molecular formula is C13H18N2O3. The monoisotopic (exact) mass is 250 g/mol. The van der Waals surface area contributed by atoms with Crippen LogP contribution in [0, 0.1) is 10.1 Å². The number of nitrogens with zero attached hydrogens (tertiary/aromatic N) is 1. The van der Waals surface area contributed by atoms with Gasteiger partial charge in [-0.3, -0.25) is 14.9 Å². The molecule has 0 aliphatic rings. The van der Waals surface area contributed by atoms with Gasteiger partial charge in [-0.15, -0.1) is 0 Å². The number of rotatable bonds is 5. The van der Waals surface area contributed by atoms with Crippen molar-refractivity contribution in [1.29, 1.82) is 0 Å². The number of amides is 1. The van der Waals surface area contributed by atoms with Crippen LogP contribution in [0.1, 0.15) is 39.2 Å². The largest absolute Gasteiger partial charge is 0.347 e. The lowest BCUT2D eigenvalue weighted by atomic mass is 9.92. The summed E-state index contributed by atoms with van der Waals surface area (Å²) in [5, 5.41) is 13.8. The third kappa shape index (κ3) is 3.29. The minimum atomic E-state index is -0.754. The third-order valence-electron chi connectivity index (χ3n) is 2.70. The maximum Gasteiger partial charge on any atom is 0.274 e. The summed E-state index contributed by atoms with van der Waals surface area (Å²) in [5.41, 5.74) is -0.214. The highest BCUT2D eigenvalue weighted by Crippen LogP contribution is 2.29. The van der Waals surface area contributed by atoms with Crippen molar-refractivity contribution in [2.75, 3.05) is 0 Å². The van der Waals surface area contributed by atoms with E-state index in [1.807, 2.05) is 6.92 Å². The molecule has 0 heterocycles. The number of carbonyl (C=O) groups is 1. The lowest BCUT2D eigenvalue weighted by molar-refractivity contribution is -0.386. The van der Waals surface area contributed by atoms with Crippen LogP contribution in [0.2, 0.25) is 0 Å². The van der Waals surface area contributed by atoms with Crippen LogP contribution in [0.25, 0.3) is 0 Å². The van der Waals surface area contributed by atoms with Crippen molar-refractivity contribution in [2.45, 2.75) is 39.2 Å². The average molecular weight is 250 g/mol. The number of hydrogen-bond acceptors (Lipinski definition) is 3. The molecule has 0 unspecified atom stereocenters. The molecule has 0 radical (unpaired) electrons. The summed E-state index contributed by atoms with van der Waals surface area (Å²) in [7, 11) is 0. The molecule has 1 rings (SSSR count). The first-order valence-corrected chi connectivity index (χ1v) is 5.93. The zero-order valence-electron chi connectivity index (χ0n) is 10.9. The van der Waals surface area contributed by atoms with Gasteiger partial charge in [0.25, 0.3) is 5.69 Å². The molecule has 98 valence electrons. The van der Waals surface area contributed by atoms with Crippen molar-refractivity contribution in [3.63, 3.8) is 0 Å². The zero-order chi connectivity index (χ0) is 13.8. The normalized spacial score (nSPS) is 11.1. The number of nitrogens with one attached hydrogen (secondary N) is 1. The molecule has 5 nitrogen and oxygen atoms in total. The minimum Gasteiger partial charge on any atom is -0.347 e. The van der Waals surface area contributed by atoms with Gasteiger partial charge < -0.3 is 5.32 Å². The van der Waals surface area contributed by atoms with E-state index >= 15 is 0 Å². The van der Waals surface area contributed by atoms with Gasteiger partial charge in [-0.2, -0.15) is 0 Å². The van der Waals surface area contributed by atoms with E-state index in [0.29, 0.717) is 12.0 Å². The predicted molar refractivity (Wildman–Crippen MR) is 69.2 cm³/mol. The maximum absolute atomic E-state index is 11.6. The Kier molecular flexibility index (Phi) is 4.42. The van der Waals surface area contributed by atoms with Gasteiger partial charge in [-0.1, -0.05) is 19.1 Å². The minimum absolute atomic E-state index is 0.0271. The van der Waals surface area contributed by atoms with Gasteiger partial charge in [0.1, 0.15) is 0 Å². The van der Waals surface area contributed by atoms with E-state index in [0.717, 1.165) is 6.42 Å². The second-order valence-corrected chi connectivity index (χ2v) is 4.70. The second kappa shape index (κ2) is 5.62. The van der Waals surface area contributed by atoms with Crippen LogP contribution in [-0.2, 0) is 10.3 Å². The van der Waals surface area contributed by atoms with Crippen LogP contribution in [0.5, 0.6) is 0 Å². The van der Waals surface area contributed by atoms with Gasteiger partial charge >= 0.3 is 0 Å². The van der Waals surface area contributed by atoms with Crippen LogP contribution in [0.4, 0.5) is 5.69 Å². The molecule has 0 aromatic heterocycles. The van der Waals surface area contributed by atoms with E-state index in [9.17, 15) is 14.9 Å². The van der Waals surface area contributed by atoms with Gasteiger partial charge in [0, 0.05) is 12.5 Å². The van der Waals surface area contributed by atoms with E-state index in [-0.39, 0.29) is 11.6 Å². The van der Waals surface area contributed by atoms with Crippen LogP contribution >= 0.6 is 0 Å². The highest BCUT2D eigenvalue weighted by atomic mass is 16.6. The summed E-state index contributed by atoms with van der Waals surface area (Å²) in [5.74, 6) is -0.0966. The molecule has 1 amide bonds. The number of para-hydroxylation sites is 1. The van der Waals surface area contributed by atoms with Gasteiger partial charge in [0.05, 0.1) is 16.0 Å². The Hall–Kier alpha value is -1.91. The molecule has 0 fully saturated rings. The number of benzene rings is 1. The molecule has 0 saturated heterocycles. The molecule has 5 heteroatoms. The number of nitro benzene ring substituents is 1. The third-order valence-corrected chi connectivity index (χ3v) is 2.70. The Bertz CT molecular complexity index is 455. The quantitative estimate of drug-likeness (QED) is 0.645. The Labute approximate surface area is 106 Å². The first kappa shape index (κ1) is 14.2. The highest BCUT2D eigenvalue weighted by Gasteiger charge is 2.29. The van der Waals surface area contributed by atoms with Gasteiger partial charge in [0.2, 0.25) is 5.91 Å². The van der Waals surface area contributed by atoms with Crippen LogP contribution < -0.4 is 5.32 Å². The van der Waals surface area contributed by atoms with E-state index in [1.54, 1.807) is 32.0 Å². The number of carbonyl (C=O) groups excluding carboxylic acids is 1. The molecule has 0 aliphatic carbocycles. The summed E-state index contributed by atoms with van der Waals surface area (Å²) >= 11 is 0. The van der Waals surface area contributed by atoms with Crippen LogP contribution in [0.3, 0.4) is 0 Å². The molecular weight excluding hydrogens is 232 g/mol. The fourth-order valence-corrected chi connectivity index (χ4v) is 1.87. The Morgan fingerprint density at radius 1 is 1.39 bits per heavy atom. The van der Waals surface area contributed by atoms with Crippen molar-refractivity contribution in [1.82, 2.24) is 5.32 Å². The number of hydrogen-bond donors (Lipinski definition) is 1. The molecule has 1 N–H and O–H groups in total. The van der Waals surface area contributed by atoms with Crippen LogP contribution in [-0.4, -0.2) is 10.8 Å². The molecule has 0 spiro atoms. The van der Waals surface area contributed by atoms with Gasteiger partial charge in [-0.05, 0) is 26.3 Å². The lowest BCUT2D eigenvalue weighted by Crippen LogP contribution is -2.41. The van der Waals surface area contributed by atoms with Gasteiger partial charge in [0.15, 0.2) is 0 Å². The van der Waals surface area contributed by atoms with Crippen molar-refractivity contribution < 1.29 is 9.72 Å². The molecule has 1 aromatic carbocycles. The Morgan fingerprint density at radius 2 is 2.00 bits per heavy atom. The standard InChI is InChI=1S/C13H18N2O3/c1-4-7-12(16)14-13(2,3)10-8-5-6-9-11(10)15(17)18/h5-6,8-9H,4,7H2,1-3H3,(H,14,16). The van der Waals surface area contributed by atoms with Crippen molar-refractivity contribution >= 4 is 11.6 Å². The number of nitro groups is 1. The summed E-state index contributed by atoms with van der Waals surface area (Å²) in [6, 6.07) is 6.47. The fourth-order valence-electron chi connectivity index (χ4n) is 1.87. The molecule has 1 aromatic rings. The molecule has 0 atom stereocenters. The van der Waals surface area contributed by atoms with E-state index < -0.39 is 10.5 Å². The molecule has 0 bridgehead atoms. The predicted octanol–water partition coefficient (Wildman–Crippen LogP) is 2.75. The first-order chi connectivity index (χ1) is 8.38. The van der Waals surface area contributed by atoms with Gasteiger partial charge in [-0.25, -0.2) is 0 Å². The fraction of sp³-hybridized carbons (Fsp3) is 0.462. The Morgan fingerprint density at radius 3 is 2.56 bits per heavy atom. The molecule has 0 saturated carbocycles. The van der Waals surface area contributed by atoms with Crippen LogP contribution in [0.15, 0.2) is 24.3 Å². The van der Waals surface area contributed by atoms with E-state index in [1.165, 1.54) is 6.07 Å².